The smallest absolute Gasteiger partial charge is 0.410 e. The number of benzene rings is 3. The zero-order valence-electron chi connectivity index (χ0n) is 39.5. The first-order valence-corrected chi connectivity index (χ1v) is 22.5. The largest absolute Gasteiger partial charge is 0.487 e. The van der Waals surface area contributed by atoms with Gasteiger partial charge in [-0.05, 0) is 150 Å². The Labute approximate surface area is 391 Å². The summed E-state index contributed by atoms with van der Waals surface area (Å²) in [5.41, 5.74) is 5.02. The molecule has 0 spiro atoms. The fourth-order valence-electron chi connectivity index (χ4n) is 7.12. The number of nitrogens with two attached hydrogens (primary N) is 1. The first-order valence-electron chi connectivity index (χ1n) is 22.5. The minimum Gasteiger partial charge on any atom is -0.487 e. The van der Waals surface area contributed by atoms with Gasteiger partial charge in [-0.3, -0.25) is 0 Å². The van der Waals surface area contributed by atoms with Gasteiger partial charge < -0.3 is 49.3 Å². The molecule has 0 atom stereocenters. The predicted molar refractivity (Wildman–Crippen MR) is 261 cm³/mol. The van der Waals surface area contributed by atoms with E-state index in [-0.39, 0.29) is 48.8 Å². The van der Waals surface area contributed by atoms with E-state index in [2.05, 4.69) is 26.1 Å². The van der Waals surface area contributed by atoms with Crippen LogP contribution in [0.1, 0.15) is 121 Å². The van der Waals surface area contributed by atoms with Crippen molar-refractivity contribution in [2.45, 2.75) is 149 Å². The maximum atomic E-state index is 12.1. The van der Waals surface area contributed by atoms with Crippen LogP contribution in [-0.2, 0) is 14.2 Å². The minimum absolute atomic E-state index is 0. The Morgan fingerprint density at radius 2 is 0.891 bits per heavy atom. The van der Waals surface area contributed by atoms with E-state index >= 15 is 0 Å². The van der Waals surface area contributed by atoms with Crippen LogP contribution < -0.4 is 25.3 Å². The molecule has 0 unspecified atom stereocenters. The summed E-state index contributed by atoms with van der Waals surface area (Å²) in [5, 5.41) is 3.35. The third-order valence-electron chi connectivity index (χ3n) is 10.9. The number of ether oxygens (including phenoxy) is 6. The van der Waals surface area contributed by atoms with Crippen LogP contribution in [0, 0.1) is 0 Å². The van der Waals surface area contributed by atoms with Crippen molar-refractivity contribution in [2.24, 2.45) is 0 Å². The lowest BCUT2D eigenvalue weighted by atomic mass is 9.93. The van der Waals surface area contributed by atoms with Crippen molar-refractivity contribution < 1.29 is 38.0 Å². The standard InChI is InChI=1S/C17H26N2O3.C17H25NO3.C12H17NO.C4H8O.CH4.ClH/c1-16(2,3)22-15(20)19-11-9-17(4,10-12-19)21-14-7-5-13(18)6-8-14;1-16(2,3)21-15(19)18-12-10-17(4,11-13-18)20-14-8-6-5-7-9-14;1-12(7-9-13-10-8-12)14-11-5-3-2-4-6-11;1-2-4-5-3-1;;/h5-8H,9-12,18H2,1-4H3;5-9H,10-13H2,1-4H3;2-6,13H,7-10H2,1H3;1-4H2;1H4;1H. The molecule has 0 saturated carbocycles. The number of carbonyl (C=O) groups excluding carboxylic acids is 2. The summed E-state index contributed by atoms with van der Waals surface area (Å²) >= 11 is 0. The summed E-state index contributed by atoms with van der Waals surface area (Å²) in [7, 11) is 0. The predicted octanol–water partition coefficient (Wildman–Crippen LogP) is 11.4. The summed E-state index contributed by atoms with van der Waals surface area (Å²) in [4.78, 5) is 27.6. The van der Waals surface area contributed by atoms with Crippen LogP contribution in [0.15, 0.2) is 84.9 Å². The zero-order chi connectivity index (χ0) is 45.3. The van der Waals surface area contributed by atoms with Crippen LogP contribution in [-0.4, -0.2) is 102 Å². The molecule has 12 nitrogen and oxygen atoms in total. The van der Waals surface area contributed by atoms with Gasteiger partial charge in [0, 0.05) is 70.8 Å². The average molecular weight is 914 g/mol. The van der Waals surface area contributed by atoms with E-state index < -0.39 is 11.2 Å². The molecule has 2 amide bonds. The van der Waals surface area contributed by atoms with Gasteiger partial charge in [0.1, 0.15) is 45.3 Å². The highest BCUT2D eigenvalue weighted by Gasteiger charge is 2.37. The van der Waals surface area contributed by atoms with E-state index in [0.29, 0.717) is 26.2 Å². The number of piperidine rings is 3. The second kappa shape index (κ2) is 25.9. The van der Waals surface area contributed by atoms with Crippen LogP contribution in [0.3, 0.4) is 0 Å². The molecule has 4 aliphatic heterocycles. The molecular formula is C51H81ClN4O8. The molecule has 3 aromatic rings. The third kappa shape index (κ3) is 21.1. The van der Waals surface area contributed by atoms with Crippen molar-refractivity contribution in [3.8, 4) is 17.2 Å². The second-order valence-corrected chi connectivity index (χ2v) is 19.4. The molecule has 0 bridgehead atoms. The lowest BCUT2D eigenvalue weighted by Crippen LogP contribution is -2.49. The molecular weight excluding hydrogens is 832 g/mol. The topological polar surface area (TPSA) is 134 Å². The number of rotatable bonds is 6. The van der Waals surface area contributed by atoms with Gasteiger partial charge in [-0.25, -0.2) is 9.59 Å². The fourth-order valence-corrected chi connectivity index (χ4v) is 7.12. The normalized spacial score (nSPS) is 18.5. The molecule has 13 heteroatoms. The van der Waals surface area contributed by atoms with Crippen molar-refractivity contribution >= 4 is 30.3 Å². The highest BCUT2D eigenvalue weighted by molar-refractivity contribution is 5.85. The maximum absolute atomic E-state index is 12.1. The number of hydrogen-bond donors (Lipinski definition) is 2. The molecule has 64 heavy (non-hydrogen) atoms. The average Bonchev–Trinajstić information content (AvgIpc) is 3.80. The molecule has 4 aliphatic rings. The van der Waals surface area contributed by atoms with Gasteiger partial charge in [-0.15, -0.1) is 12.4 Å². The van der Waals surface area contributed by atoms with Gasteiger partial charge in [-0.1, -0.05) is 43.8 Å². The van der Waals surface area contributed by atoms with E-state index in [1.165, 1.54) is 12.8 Å². The van der Waals surface area contributed by atoms with Crippen molar-refractivity contribution in [2.75, 3.05) is 58.2 Å². The van der Waals surface area contributed by atoms with Crippen molar-refractivity contribution in [3.05, 3.63) is 84.9 Å². The number of para-hydroxylation sites is 2. The summed E-state index contributed by atoms with van der Waals surface area (Å²) in [6, 6.07) is 27.3. The Morgan fingerprint density at radius 3 is 1.20 bits per heavy atom. The SMILES string of the molecule is C.C1CCOC1.CC(C)(C)OC(=O)N1CCC(C)(Oc2ccc(N)cc2)CC1.CC(C)(C)OC(=O)N1CCC(C)(Oc2ccccc2)CC1.CC1(Oc2ccccc2)CCNCC1.Cl. The van der Waals surface area contributed by atoms with Crippen LogP contribution in [0.5, 0.6) is 17.2 Å². The van der Waals surface area contributed by atoms with E-state index in [4.69, 9.17) is 34.2 Å². The molecule has 0 aromatic heterocycles. The van der Waals surface area contributed by atoms with Crippen molar-refractivity contribution in [1.82, 2.24) is 15.1 Å². The van der Waals surface area contributed by atoms with Gasteiger partial charge in [0.25, 0.3) is 0 Å². The van der Waals surface area contributed by atoms with Gasteiger partial charge in [0.15, 0.2) is 0 Å². The fraction of sp³-hybridized carbons (Fsp3) is 0.608. The number of halogens is 1. The number of anilines is 1. The van der Waals surface area contributed by atoms with E-state index in [9.17, 15) is 9.59 Å². The molecule has 4 fully saturated rings. The first-order chi connectivity index (χ1) is 29.2. The molecule has 3 N–H and O–H groups in total. The second-order valence-electron chi connectivity index (χ2n) is 19.4. The van der Waals surface area contributed by atoms with Gasteiger partial charge in [0.05, 0.1) is 0 Å². The monoisotopic (exact) mass is 913 g/mol. The Morgan fingerprint density at radius 1 is 0.562 bits per heavy atom. The van der Waals surface area contributed by atoms with Gasteiger partial charge in [0.2, 0.25) is 0 Å². The number of carbonyl (C=O) groups is 2. The van der Waals surface area contributed by atoms with Gasteiger partial charge in [-0.2, -0.15) is 0 Å². The highest BCUT2D eigenvalue weighted by Crippen LogP contribution is 2.31. The summed E-state index contributed by atoms with van der Waals surface area (Å²) in [5.74, 6) is 2.67. The Kier molecular flexibility index (Phi) is 22.6. The number of nitrogen functional groups attached to an aromatic ring is 1. The van der Waals surface area contributed by atoms with E-state index in [1.54, 1.807) is 9.80 Å². The maximum Gasteiger partial charge on any atom is 0.410 e. The lowest BCUT2D eigenvalue weighted by Gasteiger charge is -2.39. The Hall–Kier alpha value is -4.39. The molecule has 4 saturated heterocycles. The van der Waals surface area contributed by atoms with Gasteiger partial charge >= 0.3 is 12.2 Å². The summed E-state index contributed by atoms with van der Waals surface area (Å²) in [6.45, 7) is 24.4. The lowest BCUT2D eigenvalue weighted by molar-refractivity contribution is -0.0110. The number of likely N-dealkylation sites (tertiary alicyclic amines) is 2. The number of nitrogens with one attached hydrogen (secondary N) is 1. The van der Waals surface area contributed by atoms with Crippen molar-refractivity contribution in [3.63, 3.8) is 0 Å². The Balaban J connectivity index is 0.000000313. The molecule has 7 rings (SSSR count). The van der Waals surface area contributed by atoms with E-state index in [0.717, 1.165) is 87.8 Å². The van der Waals surface area contributed by atoms with E-state index in [1.807, 2.05) is 126 Å². The number of hydrogen-bond acceptors (Lipinski definition) is 10. The summed E-state index contributed by atoms with van der Waals surface area (Å²) in [6.07, 6.45) is 7.41. The zero-order valence-corrected chi connectivity index (χ0v) is 40.4. The van der Waals surface area contributed by atoms with Crippen LogP contribution in [0.2, 0.25) is 0 Å². The molecule has 3 aromatic carbocycles. The number of amides is 2. The highest BCUT2D eigenvalue weighted by atomic mass is 35.5. The van der Waals surface area contributed by atoms with Crippen LogP contribution >= 0.6 is 12.4 Å². The molecule has 0 radical (unpaired) electrons. The molecule has 360 valence electrons. The quantitative estimate of drug-likeness (QED) is 0.230. The first kappa shape index (κ1) is 55.7. The minimum atomic E-state index is -0.460. The Bertz CT molecular complexity index is 1740. The number of nitrogens with zero attached hydrogens (tertiary/aromatic N) is 2. The van der Waals surface area contributed by atoms with Crippen LogP contribution in [0.4, 0.5) is 15.3 Å². The van der Waals surface area contributed by atoms with Crippen molar-refractivity contribution in [1.29, 1.82) is 0 Å². The van der Waals surface area contributed by atoms with Crippen LogP contribution in [0.25, 0.3) is 0 Å². The third-order valence-corrected chi connectivity index (χ3v) is 10.9. The molecule has 4 heterocycles. The molecule has 0 aliphatic carbocycles. The summed E-state index contributed by atoms with van der Waals surface area (Å²) < 4.78 is 34.0.